The van der Waals surface area contributed by atoms with E-state index in [4.69, 9.17) is 5.73 Å². The van der Waals surface area contributed by atoms with Gasteiger partial charge in [-0.2, -0.15) is 0 Å². The molecule has 0 heterocycles. The van der Waals surface area contributed by atoms with Gasteiger partial charge in [0.05, 0.1) is 4.47 Å². The Labute approximate surface area is 118 Å². The van der Waals surface area contributed by atoms with Gasteiger partial charge >= 0.3 is 0 Å². The molecule has 3 nitrogen and oxygen atoms in total. The normalized spacial score (nSPS) is 10.2. The first-order valence-electron chi connectivity index (χ1n) is 5.64. The number of rotatable bonds is 3. The van der Waals surface area contributed by atoms with Gasteiger partial charge in [-0.25, -0.2) is 4.39 Å². The average Bonchev–Trinajstić information content (AvgIpc) is 2.41. The van der Waals surface area contributed by atoms with E-state index in [-0.39, 0.29) is 10.4 Å². The van der Waals surface area contributed by atoms with E-state index in [0.717, 1.165) is 5.56 Å². The van der Waals surface area contributed by atoms with Crippen LogP contribution in [-0.2, 0) is 6.54 Å². The van der Waals surface area contributed by atoms with E-state index in [2.05, 4.69) is 21.2 Å². The molecule has 0 atom stereocenters. The number of nitrogen functional groups attached to an aromatic ring is 1. The lowest BCUT2D eigenvalue weighted by molar-refractivity contribution is 0.0951. The van der Waals surface area contributed by atoms with Gasteiger partial charge in [-0.05, 0) is 51.8 Å². The van der Waals surface area contributed by atoms with E-state index in [0.29, 0.717) is 17.8 Å². The molecule has 0 spiro atoms. The second-order valence-corrected chi connectivity index (χ2v) is 4.91. The molecule has 98 valence electrons. The van der Waals surface area contributed by atoms with Crippen LogP contribution in [0.4, 0.5) is 10.1 Å². The average molecular weight is 323 g/mol. The fourth-order valence-electron chi connectivity index (χ4n) is 1.56. The number of hydrogen-bond acceptors (Lipinski definition) is 2. The summed E-state index contributed by atoms with van der Waals surface area (Å²) in [7, 11) is 0. The Morgan fingerprint density at radius 2 is 1.89 bits per heavy atom. The molecule has 0 saturated carbocycles. The maximum atomic E-state index is 13.1. The molecular formula is C14H12BrFN2O. The molecule has 3 N–H and O–H groups in total. The van der Waals surface area contributed by atoms with E-state index >= 15 is 0 Å². The van der Waals surface area contributed by atoms with Crippen LogP contribution >= 0.6 is 15.9 Å². The minimum Gasteiger partial charge on any atom is -0.399 e. The van der Waals surface area contributed by atoms with Crippen molar-refractivity contribution in [1.29, 1.82) is 0 Å². The quantitative estimate of drug-likeness (QED) is 0.853. The van der Waals surface area contributed by atoms with Crippen LogP contribution in [0, 0.1) is 5.82 Å². The van der Waals surface area contributed by atoms with E-state index in [9.17, 15) is 9.18 Å². The van der Waals surface area contributed by atoms with E-state index in [1.165, 1.54) is 18.2 Å². The fourth-order valence-corrected chi connectivity index (χ4v) is 1.94. The Hall–Kier alpha value is -1.88. The number of nitrogens with one attached hydrogen (secondary N) is 1. The number of amides is 1. The molecule has 0 aliphatic carbocycles. The van der Waals surface area contributed by atoms with Crippen molar-refractivity contribution in [3.8, 4) is 0 Å². The van der Waals surface area contributed by atoms with Crippen molar-refractivity contribution in [3.05, 3.63) is 63.9 Å². The molecule has 0 unspecified atom stereocenters. The number of benzene rings is 2. The number of carbonyl (C=O) groups excluding carboxylic acids is 1. The van der Waals surface area contributed by atoms with Crippen molar-refractivity contribution in [2.75, 3.05) is 5.73 Å². The Morgan fingerprint density at radius 3 is 2.53 bits per heavy atom. The zero-order chi connectivity index (χ0) is 13.8. The van der Waals surface area contributed by atoms with Crippen molar-refractivity contribution in [2.45, 2.75) is 6.54 Å². The third kappa shape index (κ3) is 3.54. The van der Waals surface area contributed by atoms with Crippen molar-refractivity contribution in [1.82, 2.24) is 5.32 Å². The summed E-state index contributed by atoms with van der Waals surface area (Å²) in [5, 5.41) is 2.76. The van der Waals surface area contributed by atoms with Gasteiger partial charge in [0, 0.05) is 17.8 Å². The van der Waals surface area contributed by atoms with Gasteiger partial charge in [0.1, 0.15) is 5.82 Å². The summed E-state index contributed by atoms with van der Waals surface area (Å²) in [5.41, 5.74) is 7.61. The largest absolute Gasteiger partial charge is 0.399 e. The molecule has 2 aromatic rings. The zero-order valence-electron chi connectivity index (χ0n) is 9.99. The molecule has 0 saturated heterocycles. The SMILES string of the molecule is Nc1ccc(CNC(=O)c2ccc(F)c(Br)c2)cc1. The highest BCUT2D eigenvalue weighted by Crippen LogP contribution is 2.16. The lowest BCUT2D eigenvalue weighted by atomic mass is 10.2. The van der Waals surface area contributed by atoms with Gasteiger partial charge in [-0.15, -0.1) is 0 Å². The van der Waals surface area contributed by atoms with Gasteiger partial charge in [0.15, 0.2) is 0 Å². The topological polar surface area (TPSA) is 55.1 Å². The Morgan fingerprint density at radius 1 is 1.21 bits per heavy atom. The maximum Gasteiger partial charge on any atom is 0.251 e. The Kier molecular flexibility index (Phi) is 4.16. The zero-order valence-corrected chi connectivity index (χ0v) is 11.6. The molecule has 2 rings (SSSR count). The summed E-state index contributed by atoms with van der Waals surface area (Å²) < 4.78 is 13.3. The predicted octanol–water partition coefficient (Wildman–Crippen LogP) is 3.10. The number of halogens is 2. The highest BCUT2D eigenvalue weighted by atomic mass is 79.9. The molecule has 19 heavy (non-hydrogen) atoms. The molecule has 2 aromatic carbocycles. The number of nitrogens with two attached hydrogens (primary N) is 1. The van der Waals surface area contributed by atoms with Gasteiger partial charge < -0.3 is 11.1 Å². The molecule has 0 aliphatic heterocycles. The molecule has 1 amide bonds. The minimum absolute atomic E-state index is 0.252. The van der Waals surface area contributed by atoms with E-state index < -0.39 is 5.82 Å². The van der Waals surface area contributed by atoms with Gasteiger partial charge in [-0.1, -0.05) is 12.1 Å². The smallest absolute Gasteiger partial charge is 0.251 e. The third-order valence-corrected chi connectivity index (χ3v) is 3.22. The molecule has 0 radical (unpaired) electrons. The summed E-state index contributed by atoms with van der Waals surface area (Å²) in [6.07, 6.45) is 0. The van der Waals surface area contributed by atoms with Crippen molar-refractivity contribution >= 4 is 27.5 Å². The third-order valence-electron chi connectivity index (χ3n) is 2.61. The fraction of sp³-hybridized carbons (Fsp3) is 0.0714. The van der Waals surface area contributed by atoms with Crippen LogP contribution in [0.15, 0.2) is 46.9 Å². The number of carbonyl (C=O) groups is 1. The first-order valence-corrected chi connectivity index (χ1v) is 6.43. The number of anilines is 1. The molecule has 0 fully saturated rings. The lowest BCUT2D eigenvalue weighted by Crippen LogP contribution is -2.22. The highest BCUT2D eigenvalue weighted by Gasteiger charge is 2.08. The molecular weight excluding hydrogens is 311 g/mol. The first-order chi connectivity index (χ1) is 9.06. The Balaban J connectivity index is 2.01. The van der Waals surface area contributed by atoms with Crippen LogP contribution in [0.5, 0.6) is 0 Å². The minimum atomic E-state index is -0.393. The van der Waals surface area contributed by atoms with Crippen LogP contribution < -0.4 is 11.1 Å². The van der Waals surface area contributed by atoms with Crippen LogP contribution in [-0.4, -0.2) is 5.91 Å². The molecule has 0 bridgehead atoms. The van der Waals surface area contributed by atoms with Crippen molar-refractivity contribution in [2.24, 2.45) is 0 Å². The monoisotopic (exact) mass is 322 g/mol. The van der Waals surface area contributed by atoms with E-state index in [1.54, 1.807) is 12.1 Å². The van der Waals surface area contributed by atoms with Gasteiger partial charge in [0.2, 0.25) is 0 Å². The Bertz CT molecular complexity index is 599. The van der Waals surface area contributed by atoms with Crippen molar-refractivity contribution < 1.29 is 9.18 Å². The molecule has 0 aromatic heterocycles. The molecule has 0 aliphatic rings. The lowest BCUT2D eigenvalue weighted by Gasteiger charge is -2.06. The van der Waals surface area contributed by atoms with E-state index in [1.807, 2.05) is 12.1 Å². The van der Waals surface area contributed by atoms with Crippen LogP contribution in [0.25, 0.3) is 0 Å². The van der Waals surface area contributed by atoms with Crippen LogP contribution in [0.2, 0.25) is 0 Å². The summed E-state index contributed by atoms with van der Waals surface area (Å²) in [4.78, 5) is 11.9. The van der Waals surface area contributed by atoms with Crippen LogP contribution in [0.1, 0.15) is 15.9 Å². The summed E-state index contributed by atoms with van der Waals surface area (Å²) in [6, 6.07) is 11.4. The summed E-state index contributed by atoms with van der Waals surface area (Å²) >= 11 is 3.05. The first kappa shape index (κ1) is 13.5. The van der Waals surface area contributed by atoms with Gasteiger partial charge in [0.25, 0.3) is 5.91 Å². The molecule has 5 heteroatoms. The second-order valence-electron chi connectivity index (χ2n) is 4.05. The predicted molar refractivity (Wildman–Crippen MR) is 76.1 cm³/mol. The highest BCUT2D eigenvalue weighted by molar-refractivity contribution is 9.10. The van der Waals surface area contributed by atoms with Gasteiger partial charge in [-0.3, -0.25) is 4.79 Å². The maximum absolute atomic E-state index is 13.1. The number of hydrogen-bond donors (Lipinski definition) is 2. The second kappa shape index (κ2) is 5.84. The summed E-state index contributed by atoms with van der Waals surface area (Å²) in [6.45, 7) is 0.397. The summed E-state index contributed by atoms with van der Waals surface area (Å²) in [5.74, 6) is -0.646. The van der Waals surface area contributed by atoms with Crippen molar-refractivity contribution in [3.63, 3.8) is 0 Å². The van der Waals surface area contributed by atoms with Crippen LogP contribution in [0.3, 0.4) is 0 Å². The standard InChI is InChI=1S/C14H12BrFN2O/c15-12-7-10(3-6-13(12)16)14(19)18-8-9-1-4-11(17)5-2-9/h1-7H,8,17H2,(H,18,19).